The van der Waals surface area contributed by atoms with E-state index in [1.54, 1.807) is 37.4 Å². The standard InChI is InChI=1S/C24H21N5O4/c1-28(21(30)14-25)17-9-7-16(8-10-17)26-23(15-5-3-2-4-6-15)22-19-13-18(29(32)33)11-12-20(19)27-24(22)31/h2-13,27,31H,14,25H2,1H3. The summed E-state index contributed by atoms with van der Waals surface area (Å²) in [6.07, 6.45) is 0. The average Bonchev–Trinajstić information content (AvgIpc) is 3.17. The predicted octanol–water partition coefficient (Wildman–Crippen LogP) is 3.87. The van der Waals surface area contributed by atoms with Gasteiger partial charge in [-0.1, -0.05) is 30.3 Å². The van der Waals surface area contributed by atoms with E-state index >= 15 is 0 Å². The largest absolute Gasteiger partial charge is 0.494 e. The SMILES string of the molecule is CN(C(=O)CN)c1ccc(N=C(c2ccccc2)c2c(O)[nH]c3ccc([N+](=O)[O-])cc23)cc1. The molecule has 1 heterocycles. The number of hydrogen-bond acceptors (Lipinski definition) is 6. The molecule has 0 aliphatic heterocycles. The number of hydrogen-bond donors (Lipinski definition) is 3. The highest BCUT2D eigenvalue weighted by molar-refractivity contribution is 6.22. The fourth-order valence-electron chi connectivity index (χ4n) is 3.54. The van der Waals surface area contributed by atoms with Crippen molar-refractivity contribution in [3.05, 3.63) is 94.0 Å². The molecule has 166 valence electrons. The van der Waals surface area contributed by atoms with Crippen LogP contribution in [0.1, 0.15) is 11.1 Å². The molecular formula is C24H21N5O4. The van der Waals surface area contributed by atoms with Crippen molar-refractivity contribution in [3.63, 3.8) is 0 Å². The molecule has 0 fully saturated rings. The average molecular weight is 443 g/mol. The molecule has 0 unspecified atom stereocenters. The van der Waals surface area contributed by atoms with Gasteiger partial charge in [0, 0.05) is 41.3 Å². The first-order valence-corrected chi connectivity index (χ1v) is 10.1. The Bertz CT molecular complexity index is 1360. The maximum Gasteiger partial charge on any atom is 0.270 e. The van der Waals surface area contributed by atoms with Gasteiger partial charge in [0.05, 0.1) is 28.4 Å². The molecule has 1 amide bonds. The van der Waals surface area contributed by atoms with E-state index in [1.807, 2.05) is 30.3 Å². The van der Waals surface area contributed by atoms with E-state index in [9.17, 15) is 20.0 Å². The minimum Gasteiger partial charge on any atom is -0.494 e. The van der Waals surface area contributed by atoms with Crippen molar-refractivity contribution in [2.75, 3.05) is 18.5 Å². The van der Waals surface area contributed by atoms with Crippen LogP contribution in [0.2, 0.25) is 0 Å². The Morgan fingerprint density at radius 3 is 2.45 bits per heavy atom. The van der Waals surface area contributed by atoms with Gasteiger partial charge in [-0.3, -0.25) is 14.9 Å². The van der Waals surface area contributed by atoms with Crippen LogP contribution < -0.4 is 10.6 Å². The summed E-state index contributed by atoms with van der Waals surface area (Å²) in [5.74, 6) is -0.362. The van der Waals surface area contributed by atoms with Crippen LogP contribution in [-0.2, 0) is 4.79 Å². The first-order chi connectivity index (χ1) is 15.9. The smallest absolute Gasteiger partial charge is 0.270 e. The molecule has 33 heavy (non-hydrogen) atoms. The number of carbonyl (C=O) groups excluding carboxylic acids is 1. The zero-order valence-electron chi connectivity index (χ0n) is 17.7. The number of benzene rings is 3. The molecule has 3 aromatic carbocycles. The normalized spacial score (nSPS) is 11.5. The van der Waals surface area contributed by atoms with Crippen molar-refractivity contribution in [1.29, 1.82) is 0 Å². The molecule has 0 saturated heterocycles. The number of nitro groups is 1. The van der Waals surface area contributed by atoms with Crippen molar-refractivity contribution in [2.45, 2.75) is 0 Å². The molecule has 0 saturated carbocycles. The number of aromatic amines is 1. The molecule has 4 aromatic rings. The van der Waals surface area contributed by atoms with Crippen molar-refractivity contribution in [3.8, 4) is 5.88 Å². The Hall–Kier alpha value is -4.50. The molecule has 4 rings (SSSR count). The summed E-state index contributed by atoms with van der Waals surface area (Å²) in [4.78, 5) is 31.8. The van der Waals surface area contributed by atoms with Gasteiger partial charge in [-0.25, -0.2) is 4.99 Å². The van der Waals surface area contributed by atoms with Crippen LogP contribution in [-0.4, -0.2) is 40.2 Å². The number of amides is 1. The number of nitro benzene ring substituents is 1. The van der Waals surface area contributed by atoms with Gasteiger partial charge < -0.3 is 20.7 Å². The molecule has 0 aliphatic rings. The second-order valence-electron chi connectivity index (χ2n) is 7.34. The molecule has 0 aliphatic carbocycles. The number of likely N-dealkylation sites (N-methyl/N-ethyl adjacent to an activating group) is 1. The van der Waals surface area contributed by atoms with Crippen LogP contribution in [0.4, 0.5) is 17.1 Å². The lowest BCUT2D eigenvalue weighted by atomic mass is 10.0. The Kier molecular flexibility index (Phi) is 5.88. The van der Waals surface area contributed by atoms with Crippen LogP contribution in [0.15, 0.2) is 77.8 Å². The summed E-state index contributed by atoms with van der Waals surface area (Å²) in [7, 11) is 1.64. The van der Waals surface area contributed by atoms with E-state index in [4.69, 9.17) is 10.7 Å². The maximum atomic E-state index is 11.8. The lowest BCUT2D eigenvalue weighted by molar-refractivity contribution is -0.384. The minimum absolute atomic E-state index is 0.0906. The van der Waals surface area contributed by atoms with E-state index in [2.05, 4.69) is 4.98 Å². The lowest BCUT2D eigenvalue weighted by Crippen LogP contribution is -2.32. The third-order valence-corrected chi connectivity index (χ3v) is 5.28. The highest BCUT2D eigenvalue weighted by atomic mass is 16.6. The number of H-pyrrole nitrogens is 1. The second-order valence-corrected chi connectivity index (χ2v) is 7.34. The van der Waals surface area contributed by atoms with Crippen molar-refractivity contribution in [1.82, 2.24) is 4.98 Å². The maximum absolute atomic E-state index is 11.8. The number of nitrogens with zero attached hydrogens (tertiary/aromatic N) is 3. The summed E-state index contributed by atoms with van der Waals surface area (Å²) in [6.45, 7) is -0.0967. The number of nitrogens with one attached hydrogen (secondary N) is 1. The lowest BCUT2D eigenvalue weighted by Gasteiger charge is -2.16. The van der Waals surface area contributed by atoms with Gasteiger partial charge in [-0.2, -0.15) is 0 Å². The van der Waals surface area contributed by atoms with Crippen LogP contribution >= 0.6 is 0 Å². The van der Waals surface area contributed by atoms with Gasteiger partial charge in [0.2, 0.25) is 5.91 Å². The van der Waals surface area contributed by atoms with Gasteiger partial charge in [0.1, 0.15) is 0 Å². The summed E-state index contributed by atoms with van der Waals surface area (Å²) in [6, 6.07) is 20.6. The van der Waals surface area contributed by atoms with Gasteiger partial charge in [0.15, 0.2) is 5.88 Å². The zero-order valence-corrected chi connectivity index (χ0v) is 17.7. The highest BCUT2D eigenvalue weighted by Crippen LogP contribution is 2.33. The first-order valence-electron chi connectivity index (χ1n) is 10.1. The summed E-state index contributed by atoms with van der Waals surface area (Å²) >= 11 is 0. The number of fused-ring (bicyclic) bond motifs is 1. The molecular weight excluding hydrogens is 422 g/mol. The molecule has 0 radical (unpaired) electrons. The van der Waals surface area contributed by atoms with E-state index in [1.165, 1.54) is 17.0 Å². The number of carbonyl (C=O) groups is 1. The fourth-order valence-corrected chi connectivity index (χ4v) is 3.54. The molecule has 9 nitrogen and oxygen atoms in total. The zero-order chi connectivity index (χ0) is 23.5. The molecule has 0 bridgehead atoms. The number of aliphatic imine (C=N–C) groups is 1. The Morgan fingerprint density at radius 1 is 1.12 bits per heavy atom. The van der Waals surface area contributed by atoms with E-state index in [0.29, 0.717) is 33.6 Å². The van der Waals surface area contributed by atoms with Gasteiger partial charge in [-0.05, 0) is 30.3 Å². The molecule has 4 N–H and O–H groups in total. The molecule has 0 spiro atoms. The fraction of sp³-hybridized carbons (Fsp3) is 0.0833. The quantitative estimate of drug-likeness (QED) is 0.236. The third kappa shape index (κ3) is 4.30. The van der Waals surface area contributed by atoms with E-state index < -0.39 is 4.92 Å². The third-order valence-electron chi connectivity index (χ3n) is 5.28. The summed E-state index contributed by atoms with van der Waals surface area (Å²) in [5, 5.41) is 22.5. The first kappa shape index (κ1) is 21.7. The summed E-state index contributed by atoms with van der Waals surface area (Å²) < 4.78 is 0. The number of rotatable bonds is 6. The number of aromatic nitrogens is 1. The highest BCUT2D eigenvalue weighted by Gasteiger charge is 2.21. The topological polar surface area (TPSA) is 138 Å². The van der Waals surface area contributed by atoms with Crippen molar-refractivity contribution < 1.29 is 14.8 Å². The predicted molar refractivity (Wildman–Crippen MR) is 127 cm³/mol. The van der Waals surface area contributed by atoms with Crippen LogP contribution in [0.5, 0.6) is 5.88 Å². The van der Waals surface area contributed by atoms with Gasteiger partial charge >= 0.3 is 0 Å². The van der Waals surface area contributed by atoms with E-state index in [0.717, 1.165) is 5.56 Å². The molecule has 1 aromatic heterocycles. The van der Waals surface area contributed by atoms with Crippen molar-refractivity contribution in [2.24, 2.45) is 10.7 Å². The molecule has 0 atom stereocenters. The Balaban J connectivity index is 1.87. The van der Waals surface area contributed by atoms with Crippen LogP contribution in [0, 0.1) is 10.1 Å². The number of non-ortho nitro benzene ring substituents is 1. The number of nitrogens with two attached hydrogens (primary N) is 1. The molecule has 9 heteroatoms. The Labute approximate surface area is 188 Å². The number of anilines is 1. The van der Waals surface area contributed by atoms with Crippen molar-refractivity contribution >= 4 is 39.6 Å². The minimum atomic E-state index is -0.482. The van der Waals surface area contributed by atoms with E-state index in [-0.39, 0.29) is 24.0 Å². The second kappa shape index (κ2) is 8.93. The van der Waals surface area contributed by atoms with Crippen LogP contribution in [0.25, 0.3) is 10.9 Å². The van der Waals surface area contributed by atoms with Gasteiger partial charge in [0.25, 0.3) is 5.69 Å². The van der Waals surface area contributed by atoms with Gasteiger partial charge in [-0.15, -0.1) is 0 Å². The summed E-state index contributed by atoms with van der Waals surface area (Å²) in [5.41, 5.74) is 8.65. The Morgan fingerprint density at radius 2 is 1.82 bits per heavy atom. The monoisotopic (exact) mass is 443 g/mol. The van der Waals surface area contributed by atoms with Crippen LogP contribution in [0.3, 0.4) is 0 Å². The number of aromatic hydroxyl groups is 1.